The van der Waals surface area contributed by atoms with Crippen LogP contribution < -0.4 is 0 Å². The fourth-order valence-electron chi connectivity index (χ4n) is 4.55. The van der Waals surface area contributed by atoms with Crippen molar-refractivity contribution in [2.45, 2.75) is 71.1 Å². The van der Waals surface area contributed by atoms with Crippen molar-refractivity contribution in [2.24, 2.45) is 5.92 Å². The fourth-order valence-corrected chi connectivity index (χ4v) is 4.55. The normalized spacial score (nSPS) is 32.9. The zero-order valence-corrected chi connectivity index (χ0v) is 17.2. The maximum absolute atomic E-state index is 6.65. The largest absolute Gasteiger partial charge is 0.472 e. The van der Waals surface area contributed by atoms with Crippen LogP contribution >= 0.6 is 0 Å². The SMILES string of the molecule is C=C(CO[C@]1(/C(C)=C/C)CC[C@H]2OC(C)(C)O[C@H]2[C@@H]1C(=C)C)c1ccoc1. The van der Waals surface area contributed by atoms with E-state index in [1.54, 1.807) is 12.5 Å². The zero-order chi connectivity index (χ0) is 19.8. The van der Waals surface area contributed by atoms with Crippen LogP contribution in [-0.2, 0) is 14.2 Å². The molecular formula is C23H32O4. The van der Waals surface area contributed by atoms with Crippen molar-refractivity contribution >= 4 is 5.57 Å². The molecule has 0 unspecified atom stereocenters. The lowest BCUT2D eigenvalue weighted by Gasteiger charge is -2.49. The van der Waals surface area contributed by atoms with Crippen LogP contribution in [0.5, 0.6) is 0 Å². The van der Waals surface area contributed by atoms with Crippen LogP contribution in [0.2, 0.25) is 0 Å². The van der Waals surface area contributed by atoms with E-state index in [1.165, 1.54) is 5.57 Å². The van der Waals surface area contributed by atoms with E-state index in [-0.39, 0.29) is 18.1 Å². The summed E-state index contributed by atoms with van der Waals surface area (Å²) in [5.74, 6) is -0.560. The van der Waals surface area contributed by atoms with Gasteiger partial charge >= 0.3 is 0 Å². The van der Waals surface area contributed by atoms with Crippen molar-refractivity contribution in [3.8, 4) is 0 Å². The first kappa shape index (κ1) is 20.1. The van der Waals surface area contributed by atoms with Crippen molar-refractivity contribution < 1.29 is 18.6 Å². The predicted molar refractivity (Wildman–Crippen MR) is 107 cm³/mol. The van der Waals surface area contributed by atoms with Crippen LogP contribution in [0, 0.1) is 5.92 Å². The molecule has 0 bridgehead atoms. The van der Waals surface area contributed by atoms with Gasteiger partial charge in [-0.1, -0.05) is 24.8 Å². The van der Waals surface area contributed by atoms with Gasteiger partial charge < -0.3 is 18.6 Å². The average molecular weight is 373 g/mol. The van der Waals surface area contributed by atoms with Gasteiger partial charge in [0.1, 0.15) is 0 Å². The number of furan rings is 1. The summed E-state index contributed by atoms with van der Waals surface area (Å²) in [5, 5.41) is 0. The molecule has 3 rings (SSSR count). The van der Waals surface area contributed by atoms with Gasteiger partial charge in [0, 0.05) is 11.5 Å². The molecule has 1 aromatic heterocycles. The Morgan fingerprint density at radius 1 is 1.30 bits per heavy atom. The van der Waals surface area contributed by atoms with Crippen LogP contribution in [0.25, 0.3) is 5.57 Å². The Labute approximate surface area is 162 Å². The van der Waals surface area contributed by atoms with Gasteiger partial charge in [0.15, 0.2) is 5.79 Å². The first-order valence-electron chi connectivity index (χ1n) is 9.69. The Morgan fingerprint density at radius 2 is 2.04 bits per heavy atom. The highest BCUT2D eigenvalue weighted by Crippen LogP contribution is 2.51. The standard InChI is InChI=1S/C23H32O4/c1-8-17(5)23(25-13-16(4)18-10-12-24-14-18)11-9-19-21(20(23)15(2)3)27-22(6,7)26-19/h8,10,12,14,19-21H,2,4,9,11,13H2,1,3,5-7H3/b17-8+/t19-,20+,21-,23+/m1/s1. The molecule has 1 aromatic rings. The molecule has 0 aromatic carbocycles. The molecule has 4 atom stereocenters. The van der Waals surface area contributed by atoms with Crippen LogP contribution in [0.4, 0.5) is 0 Å². The van der Waals surface area contributed by atoms with Gasteiger partial charge in [-0.2, -0.15) is 0 Å². The van der Waals surface area contributed by atoms with Gasteiger partial charge in [-0.15, -0.1) is 0 Å². The van der Waals surface area contributed by atoms with E-state index in [2.05, 4.69) is 40.0 Å². The Balaban J connectivity index is 1.92. The third kappa shape index (κ3) is 3.71. The molecule has 27 heavy (non-hydrogen) atoms. The van der Waals surface area contributed by atoms with Crippen LogP contribution in [0.15, 0.2) is 53.4 Å². The lowest BCUT2D eigenvalue weighted by molar-refractivity contribution is -0.154. The van der Waals surface area contributed by atoms with Gasteiger partial charge in [-0.05, 0) is 64.7 Å². The highest BCUT2D eigenvalue weighted by molar-refractivity contribution is 5.63. The summed E-state index contributed by atoms with van der Waals surface area (Å²) in [6.45, 7) is 19.1. The second-order valence-corrected chi connectivity index (χ2v) is 8.27. The maximum atomic E-state index is 6.65. The summed E-state index contributed by atoms with van der Waals surface area (Å²) in [4.78, 5) is 0. The molecule has 0 radical (unpaired) electrons. The number of hydrogen-bond donors (Lipinski definition) is 0. The van der Waals surface area contributed by atoms with E-state index in [0.29, 0.717) is 6.61 Å². The summed E-state index contributed by atoms with van der Waals surface area (Å²) in [6.07, 6.45) is 7.24. The van der Waals surface area contributed by atoms with E-state index in [9.17, 15) is 0 Å². The van der Waals surface area contributed by atoms with E-state index < -0.39 is 11.4 Å². The minimum Gasteiger partial charge on any atom is -0.472 e. The van der Waals surface area contributed by atoms with Gasteiger partial charge in [0.05, 0.1) is 36.9 Å². The zero-order valence-electron chi connectivity index (χ0n) is 17.2. The summed E-state index contributed by atoms with van der Waals surface area (Å²) in [6, 6.07) is 1.91. The summed E-state index contributed by atoms with van der Waals surface area (Å²) in [7, 11) is 0. The number of hydrogen-bond acceptors (Lipinski definition) is 4. The summed E-state index contributed by atoms with van der Waals surface area (Å²) < 4.78 is 24.3. The Bertz CT molecular complexity index is 728. The molecule has 1 saturated heterocycles. The molecule has 4 nitrogen and oxygen atoms in total. The van der Waals surface area contributed by atoms with Crippen LogP contribution in [-0.4, -0.2) is 30.2 Å². The maximum Gasteiger partial charge on any atom is 0.163 e. The second kappa shape index (κ2) is 7.42. The highest BCUT2D eigenvalue weighted by Gasteiger charge is 2.57. The molecule has 4 heteroatoms. The molecule has 0 amide bonds. The number of ether oxygens (including phenoxy) is 3. The Kier molecular flexibility index (Phi) is 5.53. The molecular weight excluding hydrogens is 340 g/mol. The van der Waals surface area contributed by atoms with Crippen molar-refractivity contribution in [1.29, 1.82) is 0 Å². The van der Waals surface area contributed by atoms with E-state index in [4.69, 9.17) is 18.6 Å². The molecule has 1 saturated carbocycles. The Hall–Kier alpha value is -1.62. The lowest BCUT2D eigenvalue weighted by Crippen LogP contribution is -2.55. The third-order valence-electron chi connectivity index (χ3n) is 5.92. The average Bonchev–Trinajstić information content (AvgIpc) is 3.24. The fraction of sp³-hybridized carbons (Fsp3) is 0.565. The number of fused-ring (bicyclic) bond motifs is 1. The summed E-state index contributed by atoms with van der Waals surface area (Å²) in [5.41, 5.74) is 3.64. The van der Waals surface area contributed by atoms with Gasteiger partial charge in [-0.25, -0.2) is 0 Å². The molecule has 1 aliphatic heterocycles. The van der Waals surface area contributed by atoms with Crippen molar-refractivity contribution in [2.75, 3.05) is 6.61 Å². The van der Waals surface area contributed by atoms with E-state index >= 15 is 0 Å². The molecule has 0 N–H and O–H groups in total. The summed E-state index contributed by atoms with van der Waals surface area (Å²) >= 11 is 0. The van der Waals surface area contributed by atoms with Gasteiger partial charge in [0.2, 0.25) is 0 Å². The molecule has 1 aliphatic carbocycles. The van der Waals surface area contributed by atoms with E-state index in [0.717, 1.165) is 29.6 Å². The minimum atomic E-state index is -0.580. The van der Waals surface area contributed by atoms with Crippen LogP contribution in [0.1, 0.15) is 53.0 Å². The smallest absolute Gasteiger partial charge is 0.163 e. The second-order valence-electron chi connectivity index (χ2n) is 8.27. The van der Waals surface area contributed by atoms with Gasteiger partial charge in [0.25, 0.3) is 0 Å². The lowest BCUT2D eigenvalue weighted by atomic mass is 9.66. The minimum absolute atomic E-state index is 0.0198. The molecule has 0 spiro atoms. The first-order valence-corrected chi connectivity index (χ1v) is 9.69. The van der Waals surface area contributed by atoms with Crippen molar-refractivity contribution in [3.05, 3.63) is 54.5 Å². The quantitative estimate of drug-likeness (QED) is 0.617. The first-order chi connectivity index (χ1) is 12.7. The molecule has 148 valence electrons. The van der Waals surface area contributed by atoms with Crippen molar-refractivity contribution in [1.82, 2.24) is 0 Å². The number of rotatable bonds is 6. The number of allylic oxidation sites excluding steroid dienone is 1. The van der Waals surface area contributed by atoms with Gasteiger partial charge in [-0.3, -0.25) is 0 Å². The molecule has 2 fully saturated rings. The Morgan fingerprint density at radius 3 is 2.63 bits per heavy atom. The van der Waals surface area contributed by atoms with Crippen LogP contribution in [0.3, 0.4) is 0 Å². The molecule has 2 heterocycles. The third-order valence-corrected chi connectivity index (χ3v) is 5.92. The highest BCUT2D eigenvalue weighted by atomic mass is 16.8. The van der Waals surface area contributed by atoms with E-state index in [1.807, 2.05) is 19.9 Å². The van der Waals surface area contributed by atoms with Crippen molar-refractivity contribution in [3.63, 3.8) is 0 Å². The molecule has 2 aliphatic rings. The predicted octanol–water partition coefficient (Wildman–Crippen LogP) is 5.52. The monoisotopic (exact) mass is 372 g/mol. The topological polar surface area (TPSA) is 40.8 Å².